The Morgan fingerprint density at radius 1 is 1.33 bits per heavy atom. The molecule has 0 fully saturated rings. The zero-order valence-electron chi connectivity index (χ0n) is 15.8. The second-order valence-electron chi connectivity index (χ2n) is 6.47. The van der Waals surface area contributed by atoms with E-state index in [-0.39, 0.29) is 18.3 Å². The number of para-hydroxylation sites is 1. The maximum atomic E-state index is 13.6. The molecule has 0 atom stereocenters. The highest BCUT2D eigenvalue weighted by atomic mass is 32.1. The summed E-state index contributed by atoms with van der Waals surface area (Å²) in [7, 11) is 3.68. The molecule has 5 nitrogen and oxygen atoms in total. The number of thiophene rings is 1. The number of ether oxygens (including phenoxy) is 1. The van der Waals surface area contributed by atoms with Crippen LogP contribution in [0.15, 0.2) is 35.7 Å². The number of halogens is 1. The molecular formula is C20H22FN3O2S. The van der Waals surface area contributed by atoms with Crippen LogP contribution in [-0.4, -0.2) is 27.6 Å². The maximum absolute atomic E-state index is 13.6. The standard InChI is InChI=1S/C20H22FN3O2S/c1-13-16(14(2)24(4)22-13)10-23(3)20(25)19-9-15(12-27-19)11-26-18-8-6-5-7-17(18)21/h5-9,12H,10-11H2,1-4H3. The van der Waals surface area contributed by atoms with Crippen molar-refractivity contribution in [1.29, 1.82) is 0 Å². The Morgan fingerprint density at radius 3 is 2.74 bits per heavy atom. The number of carbonyl (C=O) groups is 1. The van der Waals surface area contributed by atoms with Crippen LogP contribution in [0.2, 0.25) is 0 Å². The first-order valence-electron chi connectivity index (χ1n) is 8.56. The topological polar surface area (TPSA) is 47.4 Å². The largest absolute Gasteiger partial charge is 0.486 e. The van der Waals surface area contributed by atoms with E-state index in [1.54, 1.807) is 36.2 Å². The number of nitrogens with zero attached hydrogens (tertiary/aromatic N) is 3. The molecule has 0 unspecified atom stereocenters. The van der Waals surface area contributed by atoms with E-state index in [0.717, 1.165) is 22.5 Å². The highest BCUT2D eigenvalue weighted by Crippen LogP contribution is 2.22. The summed E-state index contributed by atoms with van der Waals surface area (Å²) in [6, 6.07) is 8.08. The van der Waals surface area contributed by atoms with Gasteiger partial charge in [0.2, 0.25) is 0 Å². The van der Waals surface area contributed by atoms with Gasteiger partial charge in [-0.15, -0.1) is 11.3 Å². The van der Waals surface area contributed by atoms with Crippen molar-refractivity contribution in [2.75, 3.05) is 7.05 Å². The van der Waals surface area contributed by atoms with Crippen LogP contribution in [0.25, 0.3) is 0 Å². The number of aromatic nitrogens is 2. The predicted octanol–water partition coefficient (Wildman–Crippen LogP) is 4.09. The Morgan fingerprint density at radius 2 is 2.07 bits per heavy atom. The third kappa shape index (κ3) is 4.19. The number of hydrogen-bond donors (Lipinski definition) is 0. The molecule has 1 amide bonds. The van der Waals surface area contributed by atoms with Gasteiger partial charge >= 0.3 is 0 Å². The fourth-order valence-corrected chi connectivity index (χ4v) is 3.72. The first-order chi connectivity index (χ1) is 12.9. The molecule has 7 heteroatoms. The van der Waals surface area contributed by atoms with Gasteiger partial charge in [-0.2, -0.15) is 5.10 Å². The molecular weight excluding hydrogens is 365 g/mol. The minimum absolute atomic E-state index is 0.0557. The molecule has 0 radical (unpaired) electrons. The Balaban J connectivity index is 1.64. The maximum Gasteiger partial charge on any atom is 0.263 e. The minimum Gasteiger partial charge on any atom is -0.486 e. The summed E-state index contributed by atoms with van der Waals surface area (Å²) in [5, 5.41) is 6.26. The lowest BCUT2D eigenvalue weighted by Crippen LogP contribution is -2.26. The quantitative estimate of drug-likeness (QED) is 0.640. The van der Waals surface area contributed by atoms with E-state index in [4.69, 9.17) is 4.74 Å². The molecule has 0 spiro atoms. The first-order valence-corrected chi connectivity index (χ1v) is 9.44. The van der Waals surface area contributed by atoms with Crippen molar-refractivity contribution in [3.63, 3.8) is 0 Å². The van der Waals surface area contributed by atoms with E-state index < -0.39 is 5.82 Å². The van der Waals surface area contributed by atoms with E-state index >= 15 is 0 Å². The van der Waals surface area contributed by atoms with Gasteiger partial charge in [-0.05, 0) is 37.4 Å². The molecule has 0 N–H and O–H groups in total. The molecule has 3 rings (SSSR count). The van der Waals surface area contributed by atoms with Crippen molar-refractivity contribution in [3.8, 4) is 5.75 Å². The summed E-state index contributed by atoms with van der Waals surface area (Å²) in [6.07, 6.45) is 0. The third-order valence-corrected chi connectivity index (χ3v) is 5.46. The van der Waals surface area contributed by atoms with Gasteiger partial charge in [0.1, 0.15) is 6.61 Å². The number of carbonyl (C=O) groups excluding carboxylic acids is 1. The van der Waals surface area contributed by atoms with Crippen molar-refractivity contribution in [2.45, 2.75) is 27.0 Å². The Kier molecular flexibility index (Phi) is 5.60. The van der Waals surface area contributed by atoms with Crippen molar-refractivity contribution < 1.29 is 13.9 Å². The first kappa shape index (κ1) is 19.1. The van der Waals surface area contributed by atoms with Crippen LogP contribution in [0.5, 0.6) is 5.75 Å². The van der Waals surface area contributed by atoms with Crippen molar-refractivity contribution in [1.82, 2.24) is 14.7 Å². The van der Waals surface area contributed by atoms with Crippen molar-refractivity contribution in [2.24, 2.45) is 7.05 Å². The predicted molar refractivity (Wildman–Crippen MR) is 104 cm³/mol. The number of hydrogen-bond acceptors (Lipinski definition) is 4. The average molecular weight is 387 g/mol. The second-order valence-corrected chi connectivity index (χ2v) is 7.38. The van der Waals surface area contributed by atoms with E-state index in [1.807, 2.05) is 31.0 Å². The molecule has 3 aromatic rings. The van der Waals surface area contributed by atoms with Gasteiger partial charge in [0.25, 0.3) is 5.91 Å². The molecule has 0 aliphatic rings. The Hall–Kier alpha value is -2.67. The molecule has 0 aliphatic carbocycles. The van der Waals surface area contributed by atoms with E-state index in [2.05, 4.69) is 5.10 Å². The zero-order valence-corrected chi connectivity index (χ0v) is 16.6. The monoisotopic (exact) mass is 387 g/mol. The molecule has 2 aromatic heterocycles. The Bertz CT molecular complexity index is 964. The van der Waals surface area contributed by atoms with Crippen LogP contribution < -0.4 is 4.74 Å². The summed E-state index contributed by atoms with van der Waals surface area (Å²) >= 11 is 1.36. The van der Waals surface area contributed by atoms with Gasteiger partial charge in [0.15, 0.2) is 11.6 Å². The van der Waals surface area contributed by atoms with Gasteiger partial charge in [0.05, 0.1) is 10.6 Å². The SMILES string of the molecule is Cc1nn(C)c(C)c1CN(C)C(=O)c1cc(COc2ccccc2F)cs1. The van der Waals surface area contributed by atoms with E-state index in [9.17, 15) is 9.18 Å². The third-order valence-electron chi connectivity index (χ3n) is 4.50. The number of rotatable bonds is 6. The molecule has 142 valence electrons. The number of aryl methyl sites for hydroxylation is 2. The summed E-state index contributed by atoms with van der Waals surface area (Å²) in [5.41, 5.74) is 3.89. The summed E-state index contributed by atoms with van der Waals surface area (Å²) < 4.78 is 20.9. The summed E-state index contributed by atoms with van der Waals surface area (Å²) in [6.45, 7) is 4.67. The van der Waals surface area contributed by atoms with Gasteiger partial charge in [0, 0.05) is 37.5 Å². The molecule has 0 saturated carbocycles. The van der Waals surface area contributed by atoms with Crippen molar-refractivity contribution in [3.05, 3.63) is 68.9 Å². The normalized spacial score (nSPS) is 10.9. The Labute approximate surface area is 162 Å². The highest BCUT2D eigenvalue weighted by Gasteiger charge is 2.18. The van der Waals surface area contributed by atoms with Crippen LogP contribution in [-0.2, 0) is 20.2 Å². The lowest BCUT2D eigenvalue weighted by atomic mass is 10.2. The van der Waals surface area contributed by atoms with Crippen LogP contribution in [0.4, 0.5) is 4.39 Å². The molecule has 0 aliphatic heterocycles. The summed E-state index contributed by atoms with van der Waals surface area (Å²) in [5.74, 6) is -0.248. The van der Waals surface area contributed by atoms with Crippen molar-refractivity contribution >= 4 is 17.2 Å². The summed E-state index contributed by atoms with van der Waals surface area (Å²) in [4.78, 5) is 15.0. The van der Waals surface area contributed by atoms with Gasteiger partial charge in [-0.1, -0.05) is 12.1 Å². The van der Waals surface area contributed by atoms with Gasteiger partial charge < -0.3 is 9.64 Å². The van der Waals surface area contributed by atoms with Gasteiger partial charge in [-0.25, -0.2) is 4.39 Å². The molecule has 2 heterocycles. The minimum atomic E-state index is -0.397. The molecule has 0 bridgehead atoms. The van der Waals surface area contributed by atoms with Gasteiger partial charge in [-0.3, -0.25) is 9.48 Å². The van der Waals surface area contributed by atoms with E-state index in [0.29, 0.717) is 11.4 Å². The van der Waals surface area contributed by atoms with Crippen LogP contribution >= 0.6 is 11.3 Å². The number of benzene rings is 1. The lowest BCUT2D eigenvalue weighted by Gasteiger charge is -2.16. The average Bonchev–Trinajstić information content (AvgIpc) is 3.21. The zero-order chi connectivity index (χ0) is 19.6. The number of amides is 1. The fourth-order valence-electron chi connectivity index (χ4n) is 2.83. The lowest BCUT2D eigenvalue weighted by molar-refractivity contribution is 0.0789. The van der Waals surface area contributed by atoms with E-state index in [1.165, 1.54) is 17.4 Å². The smallest absolute Gasteiger partial charge is 0.263 e. The highest BCUT2D eigenvalue weighted by molar-refractivity contribution is 7.12. The second kappa shape index (κ2) is 7.92. The van der Waals surface area contributed by atoms with Crippen LogP contribution in [0.3, 0.4) is 0 Å². The van der Waals surface area contributed by atoms with Crippen LogP contribution in [0, 0.1) is 19.7 Å². The molecule has 1 aromatic carbocycles. The molecule has 0 saturated heterocycles. The molecule has 27 heavy (non-hydrogen) atoms. The van der Waals surface area contributed by atoms with Crippen LogP contribution in [0.1, 0.15) is 32.2 Å². The fraction of sp³-hybridized carbons (Fsp3) is 0.300.